The van der Waals surface area contributed by atoms with Gasteiger partial charge in [-0.05, 0) is 30.7 Å². The lowest BCUT2D eigenvalue weighted by Crippen LogP contribution is -2.36. The number of nitrogens with one attached hydrogen (secondary N) is 2. The van der Waals surface area contributed by atoms with E-state index in [-0.39, 0.29) is 16.9 Å². The summed E-state index contributed by atoms with van der Waals surface area (Å²) < 4.78 is 28.2. The molecule has 0 radical (unpaired) electrons. The molecule has 0 spiro atoms. The average Bonchev–Trinajstić information content (AvgIpc) is 2.48. The topological polar surface area (TPSA) is 70.6 Å². The number of halogens is 1. The number of fused-ring (bicyclic) bond motifs is 1. The molecule has 1 aliphatic heterocycles. The quantitative estimate of drug-likeness (QED) is 0.884. The highest BCUT2D eigenvalue weighted by Gasteiger charge is 2.25. The molecule has 2 N–H and O–H groups in total. The summed E-state index contributed by atoms with van der Waals surface area (Å²) in [6.07, 6.45) is 0. The van der Waals surface area contributed by atoms with E-state index in [1.807, 2.05) is 37.3 Å². The van der Waals surface area contributed by atoms with Crippen LogP contribution in [0.3, 0.4) is 0 Å². The van der Waals surface area contributed by atoms with E-state index in [2.05, 4.69) is 15.0 Å². The molecule has 22 heavy (non-hydrogen) atoms. The smallest absolute Gasteiger partial charge is 0.287 e. The normalized spacial score (nSPS) is 16.9. The average molecular weight is 336 g/mol. The number of anilines is 1. The Morgan fingerprint density at radius 3 is 2.64 bits per heavy atom. The van der Waals surface area contributed by atoms with Crippen LogP contribution in [0.25, 0.3) is 0 Å². The summed E-state index contributed by atoms with van der Waals surface area (Å²) in [6.45, 7) is 1.93. The molecular formula is C15H14ClN3O2S. The molecule has 1 atom stereocenters. The Morgan fingerprint density at radius 1 is 1.18 bits per heavy atom. The van der Waals surface area contributed by atoms with Crippen LogP contribution in [0, 0.1) is 0 Å². The van der Waals surface area contributed by atoms with Crippen molar-refractivity contribution in [2.24, 2.45) is 4.40 Å². The molecular weight excluding hydrogens is 322 g/mol. The molecule has 0 aliphatic carbocycles. The van der Waals surface area contributed by atoms with Gasteiger partial charge in [0, 0.05) is 5.02 Å². The highest BCUT2D eigenvalue weighted by Crippen LogP contribution is 2.29. The molecule has 1 heterocycles. The van der Waals surface area contributed by atoms with Crippen LogP contribution in [0.1, 0.15) is 18.5 Å². The zero-order valence-corrected chi connectivity index (χ0v) is 13.3. The van der Waals surface area contributed by atoms with Crippen molar-refractivity contribution >= 4 is 33.3 Å². The molecule has 0 fully saturated rings. The van der Waals surface area contributed by atoms with Crippen LogP contribution in [0.2, 0.25) is 5.02 Å². The molecule has 0 aromatic heterocycles. The first-order valence-corrected chi connectivity index (χ1v) is 8.50. The van der Waals surface area contributed by atoms with Crippen molar-refractivity contribution in [2.75, 3.05) is 5.32 Å². The minimum atomic E-state index is -3.76. The summed E-state index contributed by atoms with van der Waals surface area (Å²) in [5.41, 5.74) is 1.49. The number of hydrogen-bond acceptors (Lipinski definition) is 4. The predicted molar refractivity (Wildman–Crippen MR) is 87.7 cm³/mol. The second-order valence-corrected chi connectivity index (χ2v) is 6.97. The fourth-order valence-corrected chi connectivity index (χ4v) is 3.57. The van der Waals surface area contributed by atoms with Gasteiger partial charge in [-0.1, -0.05) is 41.9 Å². The first-order chi connectivity index (χ1) is 10.5. The van der Waals surface area contributed by atoms with Crippen LogP contribution in [-0.4, -0.2) is 14.4 Å². The van der Waals surface area contributed by atoms with Gasteiger partial charge >= 0.3 is 0 Å². The molecule has 0 unspecified atom stereocenters. The van der Waals surface area contributed by atoms with Gasteiger partial charge in [-0.25, -0.2) is 0 Å². The number of guanidine groups is 1. The van der Waals surface area contributed by atoms with E-state index in [9.17, 15) is 8.42 Å². The zero-order chi connectivity index (χ0) is 15.7. The first kappa shape index (κ1) is 14.9. The van der Waals surface area contributed by atoms with Crippen molar-refractivity contribution in [2.45, 2.75) is 17.9 Å². The summed E-state index contributed by atoms with van der Waals surface area (Å²) in [4.78, 5) is 0.0814. The largest absolute Gasteiger partial charge is 0.349 e. The lowest BCUT2D eigenvalue weighted by atomic mass is 10.1. The zero-order valence-electron chi connectivity index (χ0n) is 11.7. The van der Waals surface area contributed by atoms with Gasteiger partial charge in [0.25, 0.3) is 10.0 Å². The van der Waals surface area contributed by atoms with Crippen molar-refractivity contribution in [3.63, 3.8) is 0 Å². The Hall–Kier alpha value is -2.05. The van der Waals surface area contributed by atoms with Gasteiger partial charge in [0.05, 0.1) is 11.7 Å². The van der Waals surface area contributed by atoms with Crippen molar-refractivity contribution in [3.8, 4) is 0 Å². The van der Waals surface area contributed by atoms with Crippen molar-refractivity contribution in [1.29, 1.82) is 0 Å². The maximum Gasteiger partial charge on any atom is 0.287 e. The van der Waals surface area contributed by atoms with Gasteiger partial charge in [-0.2, -0.15) is 8.42 Å². The number of rotatable bonds is 2. The highest BCUT2D eigenvalue weighted by molar-refractivity contribution is 7.90. The van der Waals surface area contributed by atoms with Crippen molar-refractivity contribution in [1.82, 2.24) is 5.32 Å². The summed E-state index contributed by atoms with van der Waals surface area (Å²) in [6, 6.07) is 14.3. The summed E-state index contributed by atoms with van der Waals surface area (Å²) >= 11 is 5.85. The Morgan fingerprint density at radius 2 is 1.91 bits per heavy atom. The fourth-order valence-electron chi connectivity index (χ4n) is 2.23. The molecule has 5 nitrogen and oxygen atoms in total. The summed E-state index contributed by atoms with van der Waals surface area (Å²) in [7, 11) is -3.76. The van der Waals surface area contributed by atoms with E-state index >= 15 is 0 Å². The van der Waals surface area contributed by atoms with E-state index in [0.717, 1.165) is 5.56 Å². The summed E-state index contributed by atoms with van der Waals surface area (Å²) in [5, 5.41) is 6.41. The standard InChI is InChI=1S/C15H14ClN3O2S/c1-10(11-5-3-2-4-6-11)17-15-18-13-8-7-12(16)9-14(13)22(20,21)19-15/h2-10H,1H3,(H2,17,18,19)/t10-/m0/s1. The summed E-state index contributed by atoms with van der Waals surface area (Å²) in [5.74, 6) is 0.200. The monoisotopic (exact) mass is 335 g/mol. The molecule has 0 saturated carbocycles. The van der Waals surface area contributed by atoms with Gasteiger partial charge in [-0.3, -0.25) is 0 Å². The number of nitrogens with zero attached hydrogens (tertiary/aromatic N) is 1. The maximum atomic E-state index is 12.2. The fraction of sp³-hybridized carbons (Fsp3) is 0.133. The lowest BCUT2D eigenvalue weighted by molar-refractivity contribution is 0.596. The third-order valence-corrected chi connectivity index (χ3v) is 4.89. The minimum absolute atomic E-state index is 0.0814. The Labute approximate surface area is 134 Å². The van der Waals surface area contributed by atoms with Gasteiger partial charge in [-0.15, -0.1) is 4.40 Å². The van der Waals surface area contributed by atoms with Gasteiger partial charge in [0.15, 0.2) is 0 Å². The molecule has 1 aliphatic rings. The van der Waals surface area contributed by atoms with Crippen LogP contribution in [0.5, 0.6) is 0 Å². The van der Waals surface area contributed by atoms with E-state index < -0.39 is 10.0 Å². The van der Waals surface area contributed by atoms with E-state index in [1.165, 1.54) is 6.07 Å². The Kier molecular flexibility index (Phi) is 3.80. The number of benzene rings is 2. The van der Waals surface area contributed by atoms with E-state index in [4.69, 9.17) is 11.6 Å². The predicted octanol–water partition coefficient (Wildman–Crippen LogP) is 3.16. The van der Waals surface area contributed by atoms with Crippen LogP contribution in [0.4, 0.5) is 5.69 Å². The molecule has 0 saturated heterocycles. The molecule has 7 heteroatoms. The molecule has 114 valence electrons. The van der Waals surface area contributed by atoms with Crippen molar-refractivity contribution < 1.29 is 8.42 Å². The molecule has 2 aromatic carbocycles. The Balaban J connectivity index is 1.89. The van der Waals surface area contributed by atoms with Gasteiger partial charge in [0.2, 0.25) is 5.96 Å². The molecule has 0 bridgehead atoms. The number of sulfonamides is 1. The van der Waals surface area contributed by atoms with Crippen LogP contribution in [0.15, 0.2) is 57.8 Å². The first-order valence-electron chi connectivity index (χ1n) is 6.69. The van der Waals surface area contributed by atoms with Crippen LogP contribution < -0.4 is 10.6 Å². The van der Waals surface area contributed by atoms with Crippen molar-refractivity contribution in [3.05, 3.63) is 59.1 Å². The molecule has 2 aromatic rings. The molecule has 3 rings (SSSR count). The van der Waals surface area contributed by atoms with Crippen LogP contribution in [-0.2, 0) is 10.0 Å². The molecule has 0 amide bonds. The number of hydrogen-bond donors (Lipinski definition) is 2. The highest BCUT2D eigenvalue weighted by atomic mass is 35.5. The Bertz CT molecular complexity index is 835. The van der Waals surface area contributed by atoms with Gasteiger partial charge < -0.3 is 10.6 Å². The van der Waals surface area contributed by atoms with E-state index in [1.54, 1.807) is 12.1 Å². The van der Waals surface area contributed by atoms with Gasteiger partial charge in [0.1, 0.15) is 4.90 Å². The van der Waals surface area contributed by atoms with Crippen LogP contribution >= 0.6 is 11.6 Å². The third-order valence-electron chi connectivity index (χ3n) is 3.34. The second-order valence-electron chi connectivity index (χ2n) is 4.96. The lowest BCUT2D eigenvalue weighted by Gasteiger charge is -2.22. The van der Waals surface area contributed by atoms with E-state index in [0.29, 0.717) is 10.7 Å². The second kappa shape index (κ2) is 5.62. The maximum absolute atomic E-state index is 12.2. The minimum Gasteiger partial charge on any atom is -0.349 e. The SMILES string of the molecule is C[C@H](NC1=NS(=O)(=O)c2cc(Cl)ccc2N1)c1ccccc1. The third kappa shape index (κ3) is 2.93.